The molecule has 1 heterocycles. The average molecular weight is 259 g/mol. The number of nitrogens with two attached hydrogens (primary N) is 1. The molecule has 1 aromatic heterocycles. The van der Waals surface area contributed by atoms with Gasteiger partial charge in [-0.15, -0.1) is 0 Å². The van der Waals surface area contributed by atoms with Crippen LogP contribution in [0.15, 0.2) is 24.5 Å². The summed E-state index contributed by atoms with van der Waals surface area (Å²) in [5.74, 6) is 0.494. The van der Waals surface area contributed by atoms with Gasteiger partial charge < -0.3 is 10.6 Å². The van der Waals surface area contributed by atoms with E-state index < -0.39 is 5.54 Å². The van der Waals surface area contributed by atoms with Crippen LogP contribution in [0.25, 0.3) is 0 Å². The molecule has 2 aliphatic carbocycles. The van der Waals surface area contributed by atoms with Crippen LogP contribution >= 0.6 is 0 Å². The van der Waals surface area contributed by atoms with Gasteiger partial charge in [-0.2, -0.15) is 0 Å². The molecule has 102 valence electrons. The maximum Gasteiger partial charge on any atom is 0.243 e. The highest BCUT2D eigenvalue weighted by molar-refractivity contribution is 5.87. The van der Waals surface area contributed by atoms with Crippen molar-refractivity contribution in [2.45, 2.75) is 50.7 Å². The molecule has 0 radical (unpaired) electrons. The fourth-order valence-corrected chi connectivity index (χ4v) is 2.60. The van der Waals surface area contributed by atoms with Crippen molar-refractivity contribution in [1.29, 1.82) is 0 Å². The van der Waals surface area contributed by atoms with Crippen LogP contribution in [0, 0.1) is 5.92 Å². The second-order valence-electron chi connectivity index (χ2n) is 6.08. The molecule has 1 unspecified atom stereocenters. The molecule has 3 rings (SSSR count). The molecule has 0 saturated heterocycles. The standard InChI is InChI=1S/C15H21N3O/c1-15(16,12-2-3-12)14(19)18(13-4-5-13)10-11-6-8-17-9-7-11/h6-9,12-13H,2-5,10,16H2,1H3. The first kappa shape index (κ1) is 12.6. The van der Waals surface area contributed by atoms with E-state index in [-0.39, 0.29) is 5.91 Å². The van der Waals surface area contributed by atoms with E-state index >= 15 is 0 Å². The maximum absolute atomic E-state index is 12.7. The van der Waals surface area contributed by atoms with Gasteiger partial charge in [0.25, 0.3) is 0 Å². The normalized spacial score (nSPS) is 21.8. The van der Waals surface area contributed by atoms with Crippen LogP contribution in [-0.4, -0.2) is 27.4 Å². The highest BCUT2D eigenvalue weighted by Crippen LogP contribution is 2.41. The summed E-state index contributed by atoms with van der Waals surface area (Å²) in [6.45, 7) is 2.56. The minimum Gasteiger partial charge on any atom is -0.334 e. The molecule has 4 heteroatoms. The molecule has 0 bridgehead atoms. The molecule has 2 fully saturated rings. The van der Waals surface area contributed by atoms with Crippen molar-refractivity contribution in [3.63, 3.8) is 0 Å². The smallest absolute Gasteiger partial charge is 0.243 e. The molecule has 1 aromatic rings. The molecule has 0 aromatic carbocycles. The summed E-state index contributed by atoms with van der Waals surface area (Å²) in [5.41, 5.74) is 6.72. The van der Waals surface area contributed by atoms with E-state index in [9.17, 15) is 4.79 Å². The molecule has 4 nitrogen and oxygen atoms in total. The van der Waals surface area contributed by atoms with Gasteiger partial charge in [0, 0.05) is 25.0 Å². The van der Waals surface area contributed by atoms with Crippen LogP contribution in [0.1, 0.15) is 38.2 Å². The summed E-state index contributed by atoms with van der Waals surface area (Å²) in [4.78, 5) is 18.7. The molecule has 2 N–H and O–H groups in total. The number of carbonyl (C=O) groups excluding carboxylic acids is 1. The van der Waals surface area contributed by atoms with Crippen molar-refractivity contribution in [2.75, 3.05) is 0 Å². The molecule has 0 aliphatic heterocycles. The maximum atomic E-state index is 12.7. The summed E-state index contributed by atoms with van der Waals surface area (Å²) in [5, 5.41) is 0. The van der Waals surface area contributed by atoms with Crippen molar-refractivity contribution in [3.8, 4) is 0 Å². The Morgan fingerprint density at radius 1 is 1.37 bits per heavy atom. The van der Waals surface area contributed by atoms with E-state index in [2.05, 4.69) is 4.98 Å². The van der Waals surface area contributed by atoms with Crippen LogP contribution < -0.4 is 5.73 Å². The zero-order chi connectivity index (χ0) is 13.5. The average Bonchev–Trinajstić information content (AvgIpc) is 3.29. The van der Waals surface area contributed by atoms with E-state index in [4.69, 9.17) is 5.73 Å². The fraction of sp³-hybridized carbons (Fsp3) is 0.600. The SMILES string of the molecule is CC(N)(C(=O)N(Cc1ccncc1)C1CC1)C1CC1. The highest BCUT2D eigenvalue weighted by atomic mass is 16.2. The monoisotopic (exact) mass is 259 g/mol. The predicted octanol–water partition coefficient (Wildman–Crippen LogP) is 1.70. The van der Waals surface area contributed by atoms with E-state index in [1.807, 2.05) is 24.0 Å². The number of nitrogens with zero attached hydrogens (tertiary/aromatic N) is 2. The molecular formula is C15H21N3O. The van der Waals surface area contributed by atoms with E-state index in [0.29, 0.717) is 18.5 Å². The highest BCUT2D eigenvalue weighted by Gasteiger charge is 2.48. The number of carbonyl (C=O) groups is 1. The van der Waals surface area contributed by atoms with Gasteiger partial charge in [0.2, 0.25) is 5.91 Å². The molecule has 19 heavy (non-hydrogen) atoms. The van der Waals surface area contributed by atoms with Crippen molar-refractivity contribution in [3.05, 3.63) is 30.1 Å². The van der Waals surface area contributed by atoms with Gasteiger partial charge in [-0.25, -0.2) is 0 Å². The first-order valence-corrected chi connectivity index (χ1v) is 7.08. The molecule has 2 aliphatic rings. The van der Waals surface area contributed by atoms with E-state index in [0.717, 1.165) is 31.2 Å². The molecule has 0 spiro atoms. The van der Waals surface area contributed by atoms with Crippen LogP contribution in [0.5, 0.6) is 0 Å². The Balaban J connectivity index is 1.75. The largest absolute Gasteiger partial charge is 0.334 e. The van der Waals surface area contributed by atoms with Crippen LogP contribution in [0.2, 0.25) is 0 Å². The summed E-state index contributed by atoms with van der Waals surface area (Å²) < 4.78 is 0. The molecule has 1 amide bonds. The third kappa shape index (κ3) is 2.63. The summed E-state index contributed by atoms with van der Waals surface area (Å²) in [6, 6.07) is 4.32. The van der Waals surface area contributed by atoms with Gasteiger partial charge in [-0.05, 0) is 56.2 Å². The lowest BCUT2D eigenvalue weighted by Gasteiger charge is -2.32. The van der Waals surface area contributed by atoms with E-state index in [1.54, 1.807) is 12.4 Å². The lowest BCUT2D eigenvalue weighted by molar-refractivity contribution is -0.138. The zero-order valence-electron chi connectivity index (χ0n) is 11.4. The number of amides is 1. The third-order valence-corrected chi connectivity index (χ3v) is 4.24. The zero-order valence-corrected chi connectivity index (χ0v) is 11.4. The fourth-order valence-electron chi connectivity index (χ4n) is 2.60. The van der Waals surface area contributed by atoms with Gasteiger partial charge in [0.05, 0.1) is 5.54 Å². The lowest BCUT2D eigenvalue weighted by atomic mass is 9.95. The van der Waals surface area contributed by atoms with Crippen LogP contribution in [-0.2, 0) is 11.3 Å². The van der Waals surface area contributed by atoms with Crippen molar-refractivity contribution in [2.24, 2.45) is 11.7 Å². The van der Waals surface area contributed by atoms with Crippen molar-refractivity contribution in [1.82, 2.24) is 9.88 Å². The van der Waals surface area contributed by atoms with Crippen molar-refractivity contribution >= 4 is 5.91 Å². The van der Waals surface area contributed by atoms with E-state index in [1.165, 1.54) is 0 Å². The van der Waals surface area contributed by atoms with Gasteiger partial charge >= 0.3 is 0 Å². The second-order valence-corrected chi connectivity index (χ2v) is 6.08. The van der Waals surface area contributed by atoms with Crippen LogP contribution in [0.4, 0.5) is 0 Å². The number of hydrogen-bond donors (Lipinski definition) is 1. The minimum atomic E-state index is -0.685. The predicted molar refractivity (Wildman–Crippen MR) is 73.1 cm³/mol. The van der Waals surface area contributed by atoms with Gasteiger partial charge in [-0.3, -0.25) is 9.78 Å². The molecule has 2 saturated carbocycles. The van der Waals surface area contributed by atoms with Crippen molar-refractivity contribution < 1.29 is 4.79 Å². The Bertz CT molecular complexity index is 464. The number of hydrogen-bond acceptors (Lipinski definition) is 3. The van der Waals surface area contributed by atoms with Gasteiger partial charge in [0.1, 0.15) is 0 Å². The van der Waals surface area contributed by atoms with Gasteiger partial charge in [-0.1, -0.05) is 0 Å². The number of aromatic nitrogens is 1. The molecular weight excluding hydrogens is 238 g/mol. The number of rotatable bonds is 5. The summed E-state index contributed by atoms with van der Waals surface area (Å²) in [6.07, 6.45) is 7.94. The Hall–Kier alpha value is -1.42. The van der Waals surface area contributed by atoms with Gasteiger partial charge in [0.15, 0.2) is 0 Å². The first-order chi connectivity index (χ1) is 9.09. The molecule has 1 atom stereocenters. The quantitative estimate of drug-likeness (QED) is 0.875. The van der Waals surface area contributed by atoms with Crippen LogP contribution in [0.3, 0.4) is 0 Å². The summed E-state index contributed by atoms with van der Waals surface area (Å²) >= 11 is 0. The Morgan fingerprint density at radius 2 is 2.00 bits per heavy atom. The second kappa shape index (κ2) is 4.60. The minimum absolute atomic E-state index is 0.120. The Morgan fingerprint density at radius 3 is 2.53 bits per heavy atom. The first-order valence-electron chi connectivity index (χ1n) is 7.08. The Labute approximate surface area is 114 Å². The Kier molecular flexibility index (Phi) is 3.05. The lowest BCUT2D eigenvalue weighted by Crippen LogP contribution is -2.55. The topological polar surface area (TPSA) is 59.2 Å². The summed E-state index contributed by atoms with van der Waals surface area (Å²) in [7, 11) is 0. The number of pyridine rings is 1. The third-order valence-electron chi connectivity index (χ3n) is 4.24.